The zero-order chi connectivity index (χ0) is 34.1. The summed E-state index contributed by atoms with van der Waals surface area (Å²) in [4.78, 5) is 26.9. The fraction of sp³-hybridized carbons (Fsp3) is 0.324. The van der Waals surface area contributed by atoms with E-state index in [1.807, 2.05) is 23.2 Å². The van der Waals surface area contributed by atoms with Crippen molar-refractivity contribution < 1.29 is 23.4 Å². The van der Waals surface area contributed by atoms with Crippen molar-refractivity contribution in [1.82, 2.24) is 34.9 Å². The summed E-state index contributed by atoms with van der Waals surface area (Å²) in [7, 11) is 1.30. The van der Waals surface area contributed by atoms with Gasteiger partial charge in [-0.2, -0.15) is 14.5 Å². The fourth-order valence-corrected chi connectivity index (χ4v) is 6.72. The Kier molecular flexibility index (Phi) is 8.95. The van der Waals surface area contributed by atoms with Crippen LogP contribution in [0.25, 0.3) is 27.9 Å². The number of carbonyl (C=O) groups is 2. The summed E-state index contributed by atoms with van der Waals surface area (Å²) in [5.41, 5.74) is 3.29. The van der Waals surface area contributed by atoms with Crippen LogP contribution in [0.4, 0.5) is 14.9 Å². The Morgan fingerprint density at radius 1 is 1.08 bits per heavy atom. The smallest absolute Gasteiger partial charge is 0.411 e. The summed E-state index contributed by atoms with van der Waals surface area (Å²) in [6, 6.07) is 13.0. The molecule has 2 fully saturated rings. The van der Waals surface area contributed by atoms with Crippen LogP contribution in [0.2, 0.25) is 5.02 Å². The molecule has 0 spiro atoms. The van der Waals surface area contributed by atoms with E-state index in [4.69, 9.17) is 11.6 Å². The van der Waals surface area contributed by atoms with Crippen LogP contribution in [0.5, 0.6) is 0 Å². The Balaban J connectivity index is 1.21. The Morgan fingerprint density at radius 3 is 2.57 bits per heavy atom. The quantitative estimate of drug-likeness (QED) is 0.160. The lowest BCUT2D eigenvalue weighted by atomic mass is 10.0. The minimum Gasteiger partial charge on any atom is -0.618 e. The molecule has 252 valence electrons. The molecular formula is C34H33ClFN9O4. The number of anilines is 1. The normalized spacial score (nSPS) is 17.8. The van der Waals surface area contributed by atoms with Crippen molar-refractivity contribution >= 4 is 29.3 Å². The van der Waals surface area contributed by atoms with Gasteiger partial charge < -0.3 is 14.8 Å². The van der Waals surface area contributed by atoms with Crippen molar-refractivity contribution in [3.8, 4) is 27.9 Å². The van der Waals surface area contributed by atoms with E-state index >= 15 is 4.39 Å². The summed E-state index contributed by atoms with van der Waals surface area (Å²) in [6.45, 7) is 1.58. The van der Waals surface area contributed by atoms with E-state index < -0.39 is 18.0 Å². The number of benzene rings is 2. The molecule has 13 nitrogen and oxygen atoms in total. The fourth-order valence-electron chi connectivity index (χ4n) is 6.56. The standard InChI is InChI=1S/C34H33ClFN9O4/c1-49-34(47)39-25-8-5-21(6-9-25)24-17-38-43(18-24)30(16-23-15-26(23)33(46)42-13-3-2-4-14-42)28-11-7-22(19-45(28)48)31-29(44-20-37-40-41-44)12-10-27(35)32(31)36/h5-12,17-20,23,26,30H,2-4,13-16H2,1H3,(H,39,47)/t23-,26-,30?/m0/s1. The van der Waals surface area contributed by atoms with Crippen molar-refractivity contribution in [2.24, 2.45) is 11.8 Å². The topological polar surface area (TPSA) is 147 Å². The highest BCUT2D eigenvalue weighted by Crippen LogP contribution is 2.47. The van der Waals surface area contributed by atoms with Crippen molar-refractivity contribution in [3.05, 3.63) is 95.2 Å². The lowest BCUT2D eigenvalue weighted by molar-refractivity contribution is -0.615. The number of pyridine rings is 1. The molecule has 0 bridgehead atoms. The van der Waals surface area contributed by atoms with E-state index in [2.05, 4.69) is 30.7 Å². The second-order valence-corrected chi connectivity index (χ2v) is 12.7. The molecule has 1 aliphatic heterocycles. The van der Waals surface area contributed by atoms with Gasteiger partial charge in [-0.1, -0.05) is 23.7 Å². The van der Waals surface area contributed by atoms with Crippen LogP contribution in [0.15, 0.2) is 73.4 Å². The number of methoxy groups -OCH3 is 1. The van der Waals surface area contributed by atoms with Crippen LogP contribution in [0, 0.1) is 22.9 Å². The van der Waals surface area contributed by atoms with Gasteiger partial charge in [0.1, 0.15) is 12.4 Å². The van der Waals surface area contributed by atoms with Gasteiger partial charge >= 0.3 is 6.09 Å². The molecule has 1 unspecified atom stereocenters. The van der Waals surface area contributed by atoms with Crippen LogP contribution in [-0.2, 0) is 9.53 Å². The van der Waals surface area contributed by atoms with Crippen molar-refractivity contribution in [2.45, 2.75) is 38.1 Å². The average molecular weight is 686 g/mol. The molecule has 1 saturated heterocycles. The summed E-state index contributed by atoms with van der Waals surface area (Å²) in [5.74, 6) is -0.542. The summed E-state index contributed by atoms with van der Waals surface area (Å²) < 4.78 is 23.9. The van der Waals surface area contributed by atoms with Crippen molar-refractivity contribution in [1.29, 1.82) is 0 Å². The second kappa shape index (κ2) is 13.6. The van der Waals surface area contributed by atoms with E-state index in [-0.39, 0.29) is 33.9 Å². The third-order valence-electron chi connectivity index (χ3n) is 9.25. The van der Waals surface area contributed by atoms with E-state index in [0.717, 1.165) is 54.6 Å². The third-order valence-corrected chi connectivity index (χ3v) is 9.54. The van der Waals surface area contributed by atoms with Crippen LogP contribution in [0.1, 0.15) is 43.8 Å². The van der Waals surface area contributed by atoms with Gasteiger partial charge in [-0.05, 0) is 84.3 Å². The number of piperidine rings is 1. The lowest BCUT2D eigenvalue weighted by Gasteiger charge is -2.27. The minimum absolute atomic E-state index is 0.0761. The zero-order valence-electron chi connectivity index (χ0n) is 26.6. The number of tetrazole rings is 1. The molecule has 2 amide bonds. The number of aromatic nitrogens is 7. The highest BCUT2D eigenvalue weighted by molar-refractivity contribution is 6.31. The van der Waals surface area contributed by atoms with Gasteiger partial charge in [0.05, 0.1) is 35.1 Å². The average Bonchev–Trinajstić information content (AvgIpc) is 3.45. The molecule has 3 aromatic heterocycles. The first-order chi connectivity index (χ1) is 23.8. The number of hydrogen-bond donors (Lipinski definition) is 1. The maximum atomic E-state index is 15.5. The van der Waals surface area contributed by atoms with Crippen molar-refractivity contribution in [3.63, 3.8) is 0 Å². The number of ether oxygens (including phenoxy) is 1. The van der Waals surface area contributed by atoms with E-state index in [0.29, 0.717) is 23.5 Å². The molecule has 0 radical (unpaired) electrons. The maximum absolute atomic E-state index is 15.5. The first kappa shape index (κ1) is 32.2. The van der Waals surface area contributed by atoms with E-state index in [1.54, 1.807) is 41.2 Å². The molecule has 5 aromatic rings. The summed E-state index contributed by atoms with van der Waals surface area (Å²) in [5, 5.41) is 32.2. The van der Waals surface area contributed by atoms with Crippen LogP contribution >= 0.6 is 11.6 Å². The molecule has 1 N–H and O–H groups in total. The third kappa shape index (κ3) is 6.68. The van der Waals surface area contributed by atoms with Crippen LogP contribution in [-0.4, -0.2) is 67.1 Å². The Labute approximate surface area is 285 Å². The second-order valence-electron chi connectivity index (χ2n) is 12.3. The molecule has 49 heavy (non-hydrogen) atoms. The summed E-state index contributed by atoms with van der Waals surface area (Å²) in [6.07, 6.45) is 10.1. The molecule has 3 atom stereocenters. The van der Waals surface area contributed by atoms with Gasteiger partial charge in [-0.3, -0.25) is 14.8 Å². The minimum atomic E-state index is -0.708. The van der Waals surface area contributed by atoms with Gasteiger partial charge in [0.15, 0.2) is 12.0 Å². The number of likely N-dealkylation sites (tertiary alicyclic amines) is 1. The molecule has 15 heteroatoms. The monoisotopic (exact) mass is 685 g/mol. The first-order valence-electron chi connectivity index (χ1n) is 16.0. The number of nitrogens with one attached hydrogen (secondary N) is 1. The van der Waals surface area contributed by atoms with E-state index in [1.165, 1.54) is 30.4 Å². The number of amides is 2. The molecule has 7 rings (SSSR count). The number of nitrogens with zero attached hydrogens (tertiary/aromatic N) is 8. The zero-order valence-corrected chi connectivity index (χ0v) is 27.3. The van der Waals surface area contributed by atoms with Crippen LogP contribution < -0.4 is 10.0 Å². The highest BCUT2D eigenvalue weighted by Gasteiger charge is 2.47. The number of rotatable bonds is 9. The van der Waals surface area contributed by atoms with Gasteiger partial charge in [0.2, 0.25) is 11.6 Å². The number of carbonyl (C=O) groups excluding carboxylic acids is 2. The van der Waals surface area contributed by atoms with E-state index in [9.17, 15) is 14.8 Å². The molecule has 4 heterocycles. The van der Waals surface area contributed by atoms with Crippen molar-refractivity contribution in [2.75, 3.05) is 25.5 Å². The molecular weight excluding hydrogens is 653 g/mol. The highest BCUT2D eigenvalue weighted by atomic mass is 35.5. The molecule has 1 saturated carbocycles. The Bertz CT molecular complexity index is 1980. The van der Waals surface area contributed by atoms with Crippen LogP contribution in [0.3, 0.4) is 0 Å². The maximum Gasteiger partial charge on any atom is 0.411 e. The van der Waals surface area contributed by atoms with Gasteiger partial charge in [-0.25, -0.2) is 9.18 Å². The Morgan fingerprint density at radius 2 is 1.86 bits per heavy atom. The Hall–Kier alpha value is -5.37. The summed E-state index contributed by atoms with van der Waals surface area (Å²) >= 11 is 6.16. The molecule has 2 aromatic carbocycles. The molecule has 2 aliphatic rings. The SMILES string of the molecule is COC(=O)Nc1ccc(-c2cnn(C(C[C@@H]3C[C@@H]3C(=O)N3CCCCC3)c3ccc(-c4c(-n5cnnn5)ccc(Cl)c4F)c[n+]3[O-])c2)cc1. The van der Waals surface area contributed by atoms with Gasteiger partial charge in [0.25, 0.3) is 0 Å². The van der Waals surface area contributed by atoms with Gasteiger partial charge in [-0.15, -0.1) is 5.10 Å². The molecule has 1 aliphatic carbocycles. The number of hydrogen-bond acceptors (Lipinski definition) is 8. The lowest BCUT2D eigenvalue weighted by Crippen LogP contribution is -2.37. The number of halogens is 2. The predicted octanol–water partition coefficient (Wildman–Crippen LogP) is 5.43. The van der Waals surface area contributed by atoms with Gasteiger partial charge in [0, 0.05) is 42.5 Å². The first-order valence-corrected chi connectivity index (χ1v) is 16.4. The largest absolute Gasteiger partial charge is 0.618 e. The predicted molar refractivity (Wildman–Crippen MR) is 177 cm³/mol.